The van der Waals surface area contributed by atoms with Gasteiger partial charge >= 0.3 is 8.80 Å². The normalized spacial score (nSPS) is 31.8. The zero-order chi connectivity index (χ0) is 13.1. The molecule has 106 valence electrons. The predicted octanol–water partition coefficient (Wildman–Crippen LogP) is 0.360. The molecule has 0 atom stereocenters. The summed E-state index contributed by atoms with van der Waals surface area (Å²) in [6, 6.07) is 0.741. The molecule has 6 nitrogen and oxygen atoms in total. The van der Waals surface area contributed by atoms with Gasteiger partial charge in [-0.15, -0.1) is 0 Å². The van der Waals surface area contributed by atoms with Gasteiger partial charge in [0.15, 0.2) is 6.29 Å². The monoisotopic (exact) mass is 277 g/mol. The highest BCUT2D eigenvalue weighted by molar-refractivity contribution is 6.60. The molecule has 0 spiro atoms. The minimum absolute atomic E-state index is 0.0185. The molecule has 1 N–H and O–H groups in total. The molecular formula is C11H23NO5Si. The summed E-state index contributed by atoms with van der Waals surface area (Å²) in [6.07, 6.45) is 1.90. The first kappa shape index (κ1) is 14.4. The standard InChI is InChI=1S/C11H23NO5Si/c1-13-18(14-2,15-3)9-6-12-11-4-7-16-10(11)17-8-5-11/h10,12H,4-9H2,1-3H3. The van der Waals surface area contributed by atoms with Crippen molar-refractivity contribution < 1.29 is 22.8 Å². The zero-order valence-electron chi connectivity index (χ0n) is 11.4. The molecule has 7 heteroatoms. The fourth-order valence-electron chi connectivity index (χ4n) is 2.70. The molecule has 2 saturated heterocycles. The molecular weight excluding hydrogens is 254 g/mol. The molecule has 2 rings (SSSR count). The lowest BCUT2D eigenvalue weighted by Gasteiger charge is -2.30. The highest BCUT2D eigenvalue weighted by atomic mass is 28.4. The second-order valence-electron chi connectivity index (χ2n) is 4.70. The lowest BCUT2D eigenvalue weighted by Crippen LogP contribution is -2.52. The van der Waals surface area contributed by atoms with Crippen LogP contribution in [-0.2, 0) is 22.8 Å². The lowest BCUT2D eigenvalue weighted by molar-refractivity contribution is -0.0996. The minimum atomic E-state index is -2.48. The van der Waals surface area contributed by atoms with Crippen LogP contribution in [0.25, 0.3) is 0 Å². The average molecular weight is 277 g/mol. The van der Waals surface area contributed by atoms with Crippen LogP contribution in [0.1, 0.15) is 12.8 Å². The Balaban J connectivity index is 1.84. The Hall–Kier alpha value is -0.0231. The van der Waals surface area contributed by atoms with Crippen molar-refractivity contribution in [3.63, 3.8) is 0 Å². The molecule has 2 heterocycles. The van der Waals surface area contributed by atoms with E-state index >= 15 is 0 Å². The second-order valence-corrected chi connectivity index (χ2v) is 7.79. The summed E-state index contributed by atoms with van der Waals surface area (Å²) in [5.41, 5.74) is -0.0185. The average Bonchev–Trinajstić information content (AvgIpc) is 2.94. The van der Waals surface area contributed by atoms with E-state index in [9.17, 15) is 0 Å². The van der Waals surface area contributed by atoms with Gasteiger partial charge in [-0.2, -0.15) is 0 Å². The number of fused-ring (bicyclic) bond motifs is 1. The van der Waals surface area contributed by atoms with Crippen LogP contribution in [0.2, 0.25) is 6.04 Å². The quantitative estimate of drug-likeness (QED) is 0.678. The van der Waals surface area contributed by atoms with E-state index in [1.54, 1.807) is 21.3 Å². The number of rotatable bonds is 7. The third-order valence-electron chi connectivity index (χ3n) is 3.93. The van der Waals surface area contributed by atoms with E-state index in [1.807, 2.05) is 0 Å². The number of hydrogen-bond donors (Lipinski definition) is 1. The van der Waals surface area contributed by atoms with Crippen molar-refractivity contribution in [2.45, 2.75) is 30.7 Å². The molecule has 18 heavy (non-hydrogen) atoms. The smallest absolute Gasteiger partial charge is 0.377 e. The fraction of sp³-hybridized carbons (Fsp3) is 1.00. The summed E-state index contributed by atoms with van der Waals surface area (Å²) in [5, 5.41) is 3.56. The summed E-state index contributed by atoms with van der Waals surface area (Å²) in [5.74, 6) is 0. The predicted molar refractivity (Wildman–Crippen MR) is 67.2 cm³/mol. The zero-order valence-corrected chi connectivity index (χ0v) is 12.4. The van der Waals surface area contributed by atoms with Crippen LogP contribution in [0.5, 0.6) is 0 Å². The van der Waals surface area contributed by atoms with Gasteiger partial charge in [0.1, 0.15) is 0 Å². The maximum atomic E-state index is 5.57. The molecule has 0 aromatic rings. The highest BCUT2D eigenvalue weighted by Gasteiger charge is 2.49. The molecule has 2 aliphatic rings. The van der Waals surface area contributed by atoms with E-state index < -0.39 is 8.80 Å². The van der Waals surface area contributed by atoms with Gasteiger partial charge in [-0.25, -0.2) is 0 Å². The number of ether oxygens (including phenoxy) is 2. The van der Waals surface area contributed by atoms with Crippen LogP contribution >= 0.6 is 0 Å². The van der Waals surface area contributed by atoms with Gasteiger partial charge in [-0.1, -0.05) is 0 Å². The van der Waals surface area contributed by atoms with Crippen molar-refractivity contribution >= 4 is 8.80 Å². The summed E-state index contributed by atoms with van der Waals surface area (Å²) >= 11 is 0. The van der Waals surface area contributed by atoms with Gasteiger partial charge in [0.25, 0.3) is 0 Å². The molecule has 0 unspecified atom stereocenters. The van der Waals surface area contributed by atoms with Crippen molar-refractivity contribution in [3.05, 3.63) is 0 Å². The summed E-state index contributed by atoms with van der Waals surface area (Å²) in [7, 11) is 2.43. The maximum Gasteiger partial charge on any atom is 0.501 e. The largest absolute Gasteiger partial charge is 0.501 e. The molecule has 0 bridgehead atoms. The first-order valence-corrected chi connectivity index (χ1v) is 8.27. The Morgan fingerprint density at radius 3 is 2.17 bits per heavy atom. The van der Waals surface area contributed by atoms with Crippen molar-refractivity contribution in [2.75, 3.05) is 41.1 Å². The fourth-order valence-corrected chi connectivity index (χ4v) is 4.25. The van der Waals surface area contributed by atoms with Crippen LogP contribution < -0.4 is 5.32 Å². The van der Waals surface area contributed by atoms with Crippen LogP contribution in [0.4, 0.5) is 0 Å². The first-order chi connectivity index (χ1) is 8.70. The molecule has 0 aromatic heterocycles. The molecule has 0 aromatic carbocycles. The van der Waals surface area contributed by atoms with Gasteiger partial charge in [-0.05, 0) is 12.8 Å². The van der Waals surface area contributed by atoms with Crippen LogP contribution in [0, 0.1) is 0 Å². The third-order valence-corrected chi connectivity index (χ3v) is 6.66. The molecule has 2 fully saturated rings. The summed E-state index contributed by atoms with van der Waals surface area (Å²) < 4.78 is 27.4. The lowest BCUT2D eigenvalue weighted by atomic mass is 9.95. The van der Waals surface area contributed by atoms with Crippen molar-refractivity contribution in [2.24, 2.45) is 0 Å². The van der Waals surface area contributed by atoms with Gasteiger partial charge in [0.05, 0.1) is 18.8 Å². The van der Waals surface area contributed by atoms with Crippen LogP contribution in [0.3, 0.4) is 0 Å². The Morgan fingerprint density at radius 2 is 1.67 bits per heavy atom. The topological polar surface area (TPSA) is 58.2 Å². The maximum absolute atomic E-state index is 5.57. The molecule has 0 radical (unpaired) electrons. The van der Waals surface area contributed by atoms with E-state index in [0.29, 0.717) is 0 Å². The third kappa shape index (κ3) is 2.62. The van der Waals surface area contributed by atoms with E-state index in [-0.39, 0.29) is 11.8 Å². The molecule has 0 amide bonds. The van der Waals surface area contributed by atoms with Crippen molar-refractivity contribution in [1.82, 2.24) is 5.32 Å². The Kier molecular flexibility index (Phi) is 4.76. The molecule has 0 saturated carbocycles. The summed E-state index contributed by atoms with van der Waals surface area (Å²) in [4.78, 5) is 0. The highest BCUT2D eigenvalue weighted by Crippen LogP contribution is 2.35. The van der Waals surface area contributed by atoms with Crippen molar-refractivity contribution in [1.29, 1.82) is 0 Å². The van der Waals surface area contributed by atoms with E-state index in [1.165, 1.54) is 0 Å². The minimum Gasteiger partial charge on any atom is -0.377 e. The molecule has 2 aliphatic heterocycles. The number of nitrogens with one attached hydrogen (secondary N) is 1. The van der Waals surface area contributed by atoms with Gasteiger partial charge < -0.3 is 28.1 Å². The second kappa shape index (κ2) is 5.95. The van der Waals surface area contributed by atoms with Crippen LogP contribution in [-0.4, -0.2) is 61.7 Å². The summed E-state index contributed by atoms with van der Waals surface area (Å²) in [6.45, 7) is 2.31. The molecule has 0 aliphatic carbocycles. The van der Waals surface area contributed by atoms with E-state index in [4.69, 9.17) is 22.8 Å². The Bertz CT molecular complexity index is 256. The van der Waals surface area contributed by atoms with Crippen molar-refractivity contribution in [3.8, 4) is 0 Å². The Labute approximate surface area is 109 Å². The van der Waals surface area contributed by atoms with E-state index in [2.05, 4.69) is 5.32 Å². The van der Waals surface area contributed by atoms with Gasteiger partial charge in [0.2, 0.25) is 0 Å². The first-order valence-electron chi connectivity index (χ1n) is 6.34. The number of hydrogen-bond acceptors (Lipinski definition) is 6. The van der Waals surface area contributed by atoms with Crippen LogP contribution in [0.15, 0.2) is 0 Å². The SMILES string of the molecule is CO[Si](CCNC12CCOC1OCC2)(OC)OC. The van der Waals surface area contributed by atoms with E-state index in [0.717, 1.165) is 38.6 Å². The van der Waals surface area contributed by atoms with Gasteiger partial charge in [0, 0.05) is 33.9 Å². The Morgan fingerprint density at radius 1 is 1.11 bits per heavy atom. The van der Waals surface area contributed by atoms with Gasteiger partial charge in [-0.3, -0.25) is 0 Å².